The number of rotatable bonds is 7. The molecule has 0 aliphatic heterocycles. The summed E-state index contributed by atoms with van der Waals surface area (Å²) < 4.78 is 0. The first kappa shape index (κ1) is 21.1. The highest BCUT2D eigenvalue weighted by molar-refractivity contribution is 6.33. The summed E-state index contributed by atoms with van der Waals surface area (Å²) >= 11 is 5.98. The fraction of sp³-hybridized carbons (Fsp3) is 0.0870. The van der Waals surface area contributed by atoms with Crippen LogP contribution in [0.15, 0.2) is 78.9 Å². The van der Waals surface area contributed by atoms with Gasteiger partial charge in [-0.05, 0) is 48.5 Å². The molecule has 3 rings (SSSR count). The molecule has 6 nitrogen and oxygen atoms in total. The summed E-state index contributed by atoms with van der Waals surface area (Å²) in [6, 6.07) is 22.2. The average molecular weight is 422 g/mol. The zero-order valence-corrected chi connectivity index (χ0v) is 16.8. The van der Waals surface area contributed by atoms with Crippen molar-refractivity contribution in [1.29, 1.82) is 0 Å². The van der Waals surface area contributed by atoms with Gasteiger partial charge in [-0.15, -0.1) is 0 Å². The lowest BCUT2D eigenvalue weighted by atomic mass is 10.1. The van der Waals surface area contributed by atoms with Crippen molar-refractivity contribution in [2.75, 3.05) is 18.4 Å². The molecular weight excluding hydrogens is 402 g/mol. The lowest BCUT2D eigenvalue weighted by molar-refractivity contribution is 0.0927. The van der Waals surface area contributed by atoms with Crippen molar-refractivity contribution in [3.8, 4) is 0 Å². The van der Waals surface area contributed by atoms with E-state index in [0.717, 1.165) is 0 Å². The molecule has 0 aromatic heterocycles. The van der Waals surface area contributed by atoms with Gasteiger partial charge in [0.25, 0.3) is 17.7 Å². The zero-order chi connectivity index (χ0) is 21.3. The highest BCUT2D eigenvalue weighted by atomic mass is 35.5. The topological polar surface area (TPSA) is 87.3 Å². The van der Waals surface area contributed by atoms with E-state index in [1.54, 1.807) is 72.8 Å². The van der Waals surface area contributed by atoms with Gasteiger partial charge in [-0.3, -0.25) is 14.4 Å². The summed E-state index contributed by atoms with van der Waals surface area (Å²) in [5, 5.41) is 8.59. The van der Waals surface area contributed by atoms with E-state index in [4.69, 9.17) is 11.6 Å². The second kappa shape index (κ2) is 10.2. The van der Waals surface area contributed by atoms with Crippen LogP contribution in [0.2, 0.25) is 5.02 Å². The van der Waals surface area contributed by atoms with Gasteiger partial charge in [0.2, 0.25) is 0 Å². The molecule has 0 saturated carbocycles. The second-order valence-electron chi connectivity index (χ2n) is 6.39. The molecule has 0 atom stereocenters. The first-order valence-corrected chi connectivity index (χ1v) is 9.70. The smallest absolute Gasteiger partial charge is 0.255 e. The van der Waals surface area contributed by atoms with Crippen LogP contribution in [0.4, 0.5) is 5.69 Å². The fourth-order valence-electron chi connectivity index (χ4n) is 2.69. The maximum Gasteiger partial charge on any atom is 0.255 e. The van der Waals surface area contributed by atoms with Crippen LogP contribution >= 0.6 is 11.6 Å². The highest BCUT2D eigenvalue weighted by Crippen LogP contribution is 2.14. The Hall–Kier alpha value is -3.64. The van der Waals surface area contributed by atoms with Crippen molar-refractivity contribution in [3.63, 3.8) is 0 Å². The van der Waals surface area contributed by atoms with Crippen LogP contribution in [0, 0.1) is 0 Å². The van der Waals surface area contributed by atoms with E-state index in [1.165, 1.54) is 0 Å². The van der Waals surface area contributed by atoms with Crippen molar-refractivity contribution < 1.29 is 14.4 Å². The molecule has 3 amide bonds. The normalized spacial score (nSPS) is 10.2. The monoisotopic (exact) mass is 421 g/mol. The van der Waals surface area contributed by atoms with Crippen LogP contribution in [-0.2, 0) is 0 Å². The second-order valence-corrected chi connectivity index (χ2v) is 6.80. The molecular formula is C23H20ClN3O3. The van der Waals surface area contributed by atoms with Gasteiger partial charge in [-0.2, -0.15) is 0 Å². The third-order valence-electron chi connectivity index (χ3n) is 4.26. The number of hydrogen-bond acceptors (Lipinski definition) is 3. The number of anilines is 1. The third kappa shape index (κ3) is 5.68. The van der Waals surface area contributed by atoms with Gasteiger partial charge in [0.05, 0.1) is 10.6 Å². The number of nitrogens with one attached hydrogen (secondary N) is 3. The molecule has 30 heavy (non-hydrogen) atoms. The molecule has 7 heteroatoms. The zero-order valence-electron chi connectivity index (χ0n) is 16.0. The summed E-state index contributed by atoms with van der Waals surface area (Å²) in [6.45, 7) is 0.530. The van der Waals surface area contributed by atoms with Gasteiger partial charge in [0.1, 0.15) is 0 Å². The Bertz CT molecular complexity index is 1040. The van der Waals surface area contributed by atoms with Crippen molar-refractivity contribution in [3.05, 3.63) is 101 Å². The van der Waals surface area contributed by atoms with Crippen molar-refractivity contribution >= 4 is 35.0 Å². The van der Waals surface area contributed by atoms with E-state index in [1.807, 2.05) is 6.07 Å². The minimum absolute atomic E-state index is 0.220. The Labute approximate surface area is 179 Å². The molecule has 0 spiro atoms. The summed E-state index contributed by atoms with van der Waals surface area (Å²) in [5.74, 6) is -0.793. The lowest BCUT2D eigenvalue weighted by Gasteiger charge is -2.09. The number of benzene rings is 3. The Morgan fingerprint density at radius 2 is 1.20 bits per heavy atom. The molecule has 3 aromatic carbocycles. The summed E-state index contributed by atoms with van der Waals surface area (Å²) in [5.41, 5.74) is 1.98. The van der Waals surface area contributed by atoms with Crippen LogP contribution in [0.3, 0.4) is 0 Å². The van der Waals surface area contributed by atoms with E-state index >= 15 is 0 Å². The molecule has 0 heterocycles. The van der Waals surface area contributed by atoms with Crippen molar-refractivity contribution in [2.45, 2.75) is 0 Å². The van der Waals surface area contributed by atoms with Gasteiger partial charge in [-0.1, -0.05) is 41.9 Å². The molecule has 3 aromatic rings. The Morgan fingerprint density at radius 3 is 1.87 bits per heavy atom. The average Bonchev–Trinajstić information content (AvgIpc) is 2.78. The minimum atomic E-state index is -0.298. The molecule has 0 aliphatic carbocycles. The third-order valence-corrected chi connectivity index (χ3v) is 4.59. The SMILES string of the molecule is O=C(NCCNC(=O)c1ccccc1Cl)c1ccc(NC(=O)c2ccccc2)cc1. The maximum atomic E-state index is 12.2. The van der Waals surface area contributed by atoms with Gasteiger partial charge < -0.3 is 16.0 Å². The highest BCUT2D eigenvalue weighted by Gasteiger charge is 2.10. The van der Waals surface area contributed by atoms with Crippen LogP contribution < -0.4 is 16.0 Å². The Balaban J connectivity index is 1.45. The first-order chi connectivity index (χ1) is 14.5. The summed E-state index contributed by atoms with van der Waals surface area (Å²) in [6.07, 6.45) is 0. The van der Waals surface area contributed by atoms with Gasteiger partial charge in [0, 0.05) is 29.9 Å². The van der Waals surface area contributed by atoms with E-state index in [0.29, 0.717) is 27.4 Å². The van der Waals surface area contributed by atoms with Crippen molar-refractivity contribution in [1.82, 2.24) is 10.6 Å². The predicted octanol–water partition coefficient (Wildman–Crippen LogP) is 3.75. The number of hydrogen-bond donors (Lipinski definition) is 3. The predicted molar refractivity (Wildman–Crippen MR) is 117 cm³/mol. The van der Waals surface area contributed by atoms with Crippen LogP contribution in [-0.4, -0.2) is 30.8 Å². The van der Waals surface area contributed by atoms with Crippen molar-refractivity contribution in [2.24, 2.45) is 0 Å². The fourth-order valence-corrected chi connectivity index (χ4v) is 2.91. The largest absolute Gasteiger partial charge is 0.350 e. The molecule has 0 bridgehead atoms. The first-order valence-electron chi connectivity index (χ1n) is 9.32. The van der Waals surface area contributed by atoms with Gasteiger partial charge in [0.15, 0.2) is 0 Å². The molecule has 0 aliphatic rings. The van der Waals surface area contributed by atoms with Crippen LogP contribution in [0.5, 0.6) is 0 Å². The van der Waals surface area contributed by atoms with Crippen LogP contribution in [0.25, 0.3) is 0 Å². The summed E-state index contributed by atoms with van der Waals surface area (Å²) in [4.78, 5) is 36.5. The van der Waals surface area contributed by atoms with E-state index in [9.17, 15) is 14.4 Å². The van der Waals surface area contributed by atoms with Gasteiger partial charge in [-0.25, -0.2) is 0 Å². The van der Waals surface area contributed by atoms with E-state index in [2.05, 4.69) is 16.0 Å². The quantitative estimate of drug-likeness (QED) is 0.508. The van der Waals surface area contributed by atoms with E-state index in [-0.39, 0.29) is 30.8 Å². The van der Waals surface area contributed by atoms with E-state index < -0.39 is 0 Å². The molecule has 0 unspecified atom stereocenters. The number of carbonyl (C=O) groups is 3. The number of halogens is 1. The standard InChI is InChI=1S/C23H20ClN3O3/c24-20-9-5-4-8-19(20)23(30)26-15-14-25-21(28)17-10-12-18(13-11-17)27-22(29)16-6-2-1-3-7-16/h1-13H,14-15H2,(H,25,28)(H,26,30)(H,27,29). The summed E-state index contributed by atoms with van der Waals surface area (Å²) in [7, 11) is 0. The molecule has 0 radical (unpaired) electrons. The molecule has 3 N–H and O–H groups in total. The Morgan fingerprint density at radius 1 is 0.633 bits per heavy atom. The minimum Gasteiger partial charge on any atom is -0.350 e. The number of amides is 3. The maximum absolute atomic E-state index is 12.2. The van der Waals surface area contributed by atoms with Crippen LogP contribution in [0.1, 0.15) is 31.1 Å². The molecule has 152 valence electrons. The van der Waals surface area contributed by atoms with Gasteiger partial charge >= 0.3 is 0 Å². The molecule has 0 fully saturated rings. The number of carbonyl (C=O) groups excluding carboxylic acids is 3. The lowest BCUT2D eigenvalue weighted by Crippen LogP contribution is -2.34. The Kier molecular flexibility index (Phi) is 7.19. The molecule has 0 saturated heterocycles.